The van der Waals surface area contributed by atoms with Crippen LogP contribution in [0.5, 0.6) is 5.75 Å². The van der Waals surface area contributed by atoms with E-state index >= 15 is 0 Å². The third-order valence-corrected chi connectivity index (χ3v) is 3.95. The summed E-state index contributed by atoms with van der Waals surface area (Å²) in [4.78, 5) is 2.46. The summed E-state index contributed by atoms with van der Waals surface area (Å²) in [6.45, 7) is 8.33. The molecule has 1 saturated heterocycles. The van der Waals surface area contributed by atoms with E-state index in [0.29, 0.717) is 5.69 Å². The van der Waals surface area contributed by atoms with E-state index in [9.17, 15) is 5.11 Å². The molecule has 0 radical (unpaired) electrons. The first-order chi connectivity index (χ1) is 9.15. The van der Waals surface area contributed by atoms with Gasteiger partial charge in [0.25, 0.3) is 0 Å². The summed E-state index contributed by atoms with van der Waals surface area (Å²) >= 11 is 0. The third-order valence-electron chi connectivity index (χ3n) is 3.95. The molecule has 1 fully saturated rings. The maximum absolute atomic E-state index is 10.3. The number of phenols is 1. The van der Waals surface area contributed by atoms with Crippen LogP contribution in [0.15, 0.2) is 12.1 Å². The number of anilines is 1. The van der Waals surface area contributed by atoms with Gasteiger partial charge in [-0.15, -0.1) is 24.8 Å². The molecule has 1 aliphatic rings. The maximum Gasteiger partial charge on any atom is 0.143 e. The van der Waals surface area contributed by atoms with Crippen molar-refractivity contribution < 1.29 is 5.11 Å². The number of hydrogen-bond acceptors (Lipinski definition) is 4. The first kappa shape index (κ1) is 20.3. The molecule has 122 valence electrons. The number of rotatable bonds is 4. The van der Waals surface area contributed by atoms with Gasteiger partial charge in [0.2, 0.25) is 0 Å². The second-order valence-corrected chi connectivity index (χ2v) is 5.32. The van der Waals surface area contributed by atoms with Crippen molar-refractivity contribution in [3.05, 3.63) is 23.3 Å². The minimum Gasteiger partial charge on any atom is -0.505 e. The van der Waals surface area contributed by atoms with Crippen LogP contribution in [0.2, 0.25) is 0 Å². The molecule has 1 atom stereocenters. The lowest BCUT2D eigenvalue weighted by Crippen LogP contribution is -2.45. The van der Waals surface area contributed by atoms with Gasteiger partial charge in [0, 0.05) is 37.8 Å². The zero-order valence-electron chi connectivity index (χ0n) is 12.8. The Morgan fingerprint density at radius 2 is 1.90 bits per heavy atom. The van der Waals surface area contributed by atoms with Crippen molar-refractivity contribution in [2.75, 3.05) is 31.9 Å². The van der Waals surface area contributed by atoms with Gasteiger partial charge in [-0.05, 0) is 25.0 Å². The van der Waals surface area contributed by atoms with Crippen LogP contribution in [0.25, 0.3) is 0 Å². The van der Waals surface area contributed by atoms with Crippen molar-refractivity contribution in [2.45, 2.75) is 32.7 Å². The summed E-state index contributed by atoms with van der Waals surface area (Å²) < 4.78 is 0. The Hall–Kier alpha value is -0.680. The van der Waals surface area contributed by atoms with Gasteiger partial charge in [0.15, 0.2) is 0 Å². The summed E-state index contributed by atoms with van der Waals surface area (Å²) in [6, 6.07) is 4.07. The van der Waals surface area contributed by atoms with E-state index in [1.807, 2.05) is 6.07 Å². The smallest absolute Gasteiger partial charge is 0.143 e. The Labute approximate surface area is 139 Å². The van der Waals surface area contributed by atoms with Crippen molar-refractivity contribution >= 4 is 30.5 Å². The van der Waals surface area contributed by atoms with Gasteiger partial charge in [-0.2, -0.15) is 0 Å². The molecule has 1 heterocycles. The SMILES string of the molecule is CCC[C@@H](c1c(C)ccc(N)c1O)N1CCNCC1.Cl.Cl. The molecule has 0 aromatic heterocycles. The highest BCUT2D eigenvalue weighted by Crippen LogP contribution is 2.38. The predicted molar refractivity (Wildman–Crippen MR) is 93.8 cm³/mol. The van der Waals surface area contributed by atoms with Crippen LogP contribution in [0.4, 0.5) is 5.69 Å². The molecule has 0 saturated carbocycles. The normalized spacial score (nSPS) is 16.7. The van der Waals surface area contributed by atoms with Gasteiger partial charge in [-0.25, -0.2) is 0 Å². The topological polar surface area (TPSA) is 61.5 Å². The molecule has 2 rings (SSSR count). The van der Waals surface area contributed by atoms with Gasteiger partial charge in [0.05, 0.1) is 5.69 Å². The average molecular weight is 336 g/mol. The summed E-state index contributed by atoms with van der Waals surface area (Å²) in [5.41, 5.74) is 8.50. The fraction of sp³-hybridized carbons (Fsp3) is 0.600. The third kappa shape index (κ3) is 4.65. The molecule has 0 bridgehead atoms. The van der Waals surface area contributed by atoms with Gasteiger partial charge in [0.1, 0.15) is 5.75 Å². The van der Waals surface area contributed by atoms with Crippen LogP contribution in [0, 0.1) is 6.92 Å². The summed E-state index contributed by atoms with van der Waals surface area (Å²) in [5, 5.41) is 13.7. The van der Waals surface area contributed by atoms with E-state index in [4.69, 9.17) is 5.73 Å². The quantitative estimate of drug-likeness (QED) is 0.584. The Bertz CT molecular complexity index is 437. The molecule has 0 spiro atoms. The number of hydrogen-bond donors (Lipinski definition) is 3. The molecule has 0 aliphatic carbocycles. The molecule has 4 nitrogen and oxygen atoms in total. The van der Waals surface area contributed by atoms with Crippen molar-refractivity contribution in [1.82, 2.24) is 10.2 Å². The number of piperazine rings is 1. The van der Waals surface area contributed by atoms with Gasteiger partial charge in [-0.3, -0.25) is 4.90 Å². The molecular weight excluding hydrogens is 309 g/mol. The van der Waals surface area contributed by atoms with Crippen LogP contribution >= 0.6 is 24.8 Å². The van der Waals surface area contributed by atoms with E-state index in [0.717, 1.165) is 50.1 Å². The van der Waals surface area contributed by atoms with Crippen LogP contribution in [-0.4, -0.2) is 36.2 Å². The standard InChI is InChI=1S/C15H25N3O.2ClH/c1-3-4-13(18-9-7-17-8-10-18)14-11(2)5-6-12(16)15(14)19;;/h5-6,13,17,19H,3-4,7-10,16H2,1-2H3;2*1H/t13-;;/m0../s1. The second-order valence-electron chi connectivity index (χ2n) is 5.32. The van der Waals surface area contributed by atoms with Gasteiger partial charge in [-0.1, -0.05) is 19.4 Å². The molecule has 0 unspecified atom stereocenters. The number of nitrogens with two attached hydrogens (primary N) is 1. The number of nitrogen functional groups attached to an aromatic ring is 1. The fourth-order valence-electron chi connectivity index (χ4n) is 2.92. The number of aromatic hydroxyl groups is 1. The van der Waals surface area contributed by atoms with E-state index in [2.05, 4.69) is 24.1 Å². The molecule has 1 aromatic rings. The highest BCUT2D eigenvalue weighted by Gasteiger charge is 2.25. The predicted octanol–water partition coefficient (Wildman–Crippen LogP) is 2.87. The number of benzene rings is 1. The molecule has 21 heavy (non-hydrogen) atoms. The minimum atomic E-state index is 0. The molecular formula is C15H27Cl2N3O. The number of halogens is 2. The van der Waals surface area contributed by atoms with Crippen molar-refractivity contribution in [3.8, 4) is 5.75 Å². The summed E-state index contributed by atoms with van der Waals surface area (Å²) in [6.07, 6.45) is 2.15. The molecule has 6 heteroatoms. The van der Waals surface area contributed by atoms with Crippen LogP contribution < -0.4 is 11.1 Å². The van der Waals surface area contributed by atoms with Gasteiger partial charge >= 0.3 is 0 Å². The minimum absolute atomic E-state index is 0. The van der Waals surface area contributed by atoms with E-state index < -0.39 is 0 Å². The van der Waals surface area contributed by atoms with Crippen LogP contribution in [-0.2, 0) is 0 Å². The lowest BCUT2D eigenvalue weighted by molar-refractivity contribution is 0.161. The van der Waals surface area contributed by atoms with E-state index in [1.54, 1.807) is 6.07 Å². The first-order valence-electron chi connectivity index (χ1n) is 7.17. The lowest BCUT2D eigenvalue weighted by atomic mass is 9.94. The van der Waals surface area contributed by atoms with Crippen LogP contribution in [0.1, 0.15) is 36.9 Å². The van der Waals surface area contributed by atoms with Crippen molar-refractivity contribution in [3.63, 3.8) is 0 Å². The number of nitrogens with one attached hydrogen (secondary N) is 1. The lowest BCUT2D eigenvalue weighted by Gasteiger charge is -2.36. The van der Waals surface area contributed by atoms with E-state index in [-0.39, 0.29) is 36.6 Å². The fourth-order valence-corrected chi connectivity index (χ4v) is 2.92. The maximum atomic E-state index is 10.3. The molecule has 4 N–H and O–H groups in total. The van der Waals surface area contributed by atoms with Crippen molar-refractivity contribution in [1.29, 1.82) is 0 Å². The largest absolute Gasteiger partial charge is 0.505 e. The molecule has 0 amide bonds. The first-order valence-corrected chi connectivity index (χ1v) is 7.17. The zero-order valence-corrected chi connectivity index (χ0v) is 14.4. The molecule has 1 aromatic carbocycles. The van der Waals surface area contributed by atoms with Gasteiger partial charge < -0.3 is 16.2 Å². The molecule has 1 aliphatic heterocycles. The highest BCUT2D eigenvalue weighted by molar-refractivity contribution is 5.85. The Kier molecular flexibility index (Phi) is 9.06. The monoisotopic (exact) mass is 335 g/mol. The number of aryl methyl sites for hydroxylation is 1. The summed E-state index contributed by atoms with van der Waals surface area (Å²) in [7, 11) is 0. The number of nitrogens with zero attached hydrogens (tertiary/aromatic N) is 1. The number of phenolic OH excluding ortho intramolecular Hbond substituents is 1. The van der Waals surface area contributed by atoms with Crippen molar-refractivity contribution in [2.24, 2.45) is 0 Å². The average Bonchev–Trinajstić information content (AvgIpc) is 2.43. The Morgan fingerprint density at radius 1 is 1.29 bits per heavy atom. The van der Waals surface area contributed by atoms with Crippen LogP contribution in [0.3, 0.4) is 0 Å². The Morgan fingerprint density at radius 3 is 2.48 bits per heavy atom. The zero-order chi connectivity index (χ0) is 13.8. The summed E-state index contributed by atoms with van der Waals surface area (Å²) in [5.74, 6) is 0.275. The Balaban J connectivity index is 0.00000200. The van der Waals surface area contributed by atoms with E-state index in [1.165, 1.54) is 0 Å². The second kappa shape index (κ2) is 9.36. The highest BCUT2D eigenvalue weighted by atomic mass is 35.5.